The zero-order chi connectivity index (χ0) is 18.8. The highest BCUT2D eigenvalue weighted by atomic mass is 32.2. The maximum Gasteiger partial charge on any atom is 0.271 e. The van der Waals surface area contributed by atoms with Gasteiger partial charge in [0.15, 0.2) is 10.7 Å². The summed E-state index contributed by atoms with van der Waals surface area (Å²) < 4.78 is 30.4. The zero-order valence-corrected chi connectivity index (χ0v) is 14.5. The lowest BCUT2D eigenvalue weighted by atomic mass is 10.2. The number of carbonyl (C=O) groups excluding carboxylic acids is 1. The SMILES string of the molecule is Cc1noc(C)c1S(=O)(=O)N(C)C(=O)/C=C/c1cccc([N+](=O)[O-])c1. The van der Waals surface area contributed by atoms with Gasteiger partial charge in [0.2, 0.25) is 0 Å². The Morgan fingerprint density at radius 2 is 2.04 bits per heavy atom. The van der Waals surface area contributed by atoms with Crippen molar-refractivity contribution in [2.45, 2.75) is 18.7 Å². The number of hydrogen-bond donors (Lipinski definition) is 0. The maximum atomic E-state index is 12.5. The van der Waals surface area contributed by atoms with Crippen LogP contribution >= 0.6 is 0 Å². The highest BCUT2D eigenvalue weighted by molar-refractivity contribution is 7.89. The van der Waals surface area contributed by atoms with Crippen LogP contribution in [0, 0.1) is 24.0 Å². The number of benzene rings is 1. The highest BCUT2D eigenvalue weighted by Gasteiger charge is 2.30. The van der Waals surface area contributed by atoms with Crippen LogP contribution in [0.25, 0.3) is 6.08 Å². The largest absolute Gasteiger partial charge is 0.360 e. The van der Waals surface area contributed by atoms with E-state index in [0.717, 1.165) is 13.1 Å². The second-order valence-corrected chi connectivity index (χ2v) is 7.06. The van der Waals surface area contributed by atoms with Gasteiger partial charge < -0.3 is 4.52 Å². The lowest BCUT2D eigenvalue weighted by Gasteiger charge is -2.15. The minimum Gasteiger partial charge on any atom is -0.360 e. The molecule has 0 bridgehead atoms. The number of aryl methyl sites for hydroxylation is 2. The number of aromatic nitrogens is 1. The molecular formula is C15H15N3O6S. The summed E-state index contributed by atoms with van der Waals surface area (Å²) in [5.41, 5.74) is 0.414. The molecule has 0 saturated heterocycles. The molecule has 0 unspecified atom stereocenters. The van der Waals surface area contributed by atoms with Gasteiger partial charge in [-0.25, -0.2) is 12.7 Å². The van der Waals surface area contributed by atoms with Crippen LogP contribution in [0.4, 0.5) is 5.69 Å². The number of carbonyl (C=O) groups is 1. The molecule has 25 heavy (non-hydrogen) atoms. The molecule has 0 fully saturated rings. The molecule has 1 aromatic carbocycles. The minimum absolute atomic E-state index is 0.0832. The molecule has 9 nitrogen and oxygen atoms in total. The number of rotatable bonds is 5. The number of hydrogen-bond acceptors (Lipinski definition) is 7. The Morgan fingerprint density at radius 3 is 2.60 bits per heavy atom. The number of amides is 1. The minimum atomic E-state index is -4.11. The van der Waals surface area contributed by atoms with E-state index in [9.17, 15) is 23.3 Å². The highest BCUT2D eigenvalue weighted by Crippen LogP contribution is 2.22. The van der Waals surface area contributed by atoms with Crippen molar-refractivity contribution in [3.63, 3.8) is 0 Å². The number of non-ortho nitro benzene ring substituents is 1. The van der Waals surface area contributed by atoms with Gasteiger partial charge in [-0.05, 0) is 25.5 Å². The second kappa shape index (κ2) is 6.85. The predicted molar refractivity (Wildman–Crippen MR) is 88.1 cm³/mol. The molecule has 0 aliphatic carbocycles. The van der Waals surface area contributed by atoms with Crippen LogP contribution in [0.15, 0.2) is 39.8 Å². The number of nitro benzene ring substituents is 1. The summed E-state index contributed by atoms with van der Waals surface area (Å²) in [6, 6.07) is 5.60. The number of sulfonamides is 1. The van der Waals surface area contributed by atoms with Crippen molar-refractivity contribution < 1.29 is 22.7 Å². The van der Waals surface area contributed by atoms with Crippen LogP contribution < -0.4 is 0 Å². The first-order valence-corrected chi connectivity index (χ1v) is 8.47. The van der Waals surface area contributed by atoms with Crippen LogP contribution in [-0.4, -0.2) is 35.8 Å². The third kappa shape index (κ3) is 3.74. The normalized spacial score (nSPS) is 11.6. The molecule has 0 atom stereocenters. The summed E-state index contributed by atoms with van der Waals surface area (Å²) in [5, 5.41) is 14.3. The molecule has 1 aromatic heterocycles. The molecule has 0 spiro atoms. The Hall–Kier alpha value is -3.01. The van der Waals surface area contributed by atoms with Crippen LogP contribution in [0.5, 0.6) is 0 Å². The van der Waals surface area contributed by atoms with Gasteiger partial charge in [-0.2, -0.15) is 0 Å². The monoisotopic (exact) mass is 365 g/mol. The molecule has 0 aliphatic rings. The standard InChI is InChI=1S/C15H15N3O6S/c1-10-15(11(2)24-16-10)25(22,23)17(3)14(19)8-7-12-5-4-6-13(9-12)18(20)21/h4-9H,1-3H3/b8-7+. The van der Waals surface area contributed by atoms with E-state index in [4.69, 9.17) is 4.52 Å². The summed E-state index contributed by atoms with van der Waals surface area (Å²) in [5.74, 6) is -0.730. The Bertz CT molecular complexity index is 942. The molecule has 0 radical (unpaired) electrons. The van der Waals surface area contributed by atoms with E-state index in [1.54, 1.807) is 6.07 Å². The van der Waals surface area contributed by atoms with Crippen molar-refractivity contribution >= 4 is 27.7 Å². The summed E-state index contributed by atoms with van der Waals surface area (Å²) in [6.07, 6.45) is 2.32. The molecule has 1 amide bonds. The van der Waals surface area contributed by atoms with E-state index in [1.807, 2.05) is 0 Å². The van der Waals surface area contributed by atoms with Crippen LogP contribution in [0.1, 0.15) is 17.0 Å². The van der Waals surface area contributed by atoms with Gasteiger partial charge >= 0.3 is 0 Å². The van der Waals surface area contributed by atoms with Gasteiger partial charge in [-0.15, -0.1) is 0 Å². The molecule has 2 rings (SSSR count). The summed E-state index contributed by atoms with van der Waals surface area (Å²) >= 11 is 0. The average Bonchev–Trinajstić information content (AvgIpc) is 2.91. The van der Waals surface area contributed by atoms with Gasteiger partial charge in [0.05, 0.1) is 4.92 Å². The van der Waals surface area contributed by atoms with E-state index in [-0.39, 0.29) is 22.0 Å². The van der Waals surface area contributed by atoms with Crippen molar-refractivity contribution in [1.82, 2.24) is 9.46 Å². The molecule has 0 saturated carbocycles. The average molecular weight is 365 g/mol. The first-order chi connectivity index (χ1) is 11.6. The molecule has 0 aliphatic heterocycles. The van der Waals surface area contributed by atoms with Crippen molar-refractivity contribution in [2.75, 3.05) is 7.05 Å². The Kier molecular flexibility index (Phi) is 5.02. The van der Waals surface area contributed by atoms with Crippen LogP contribution in [0.3, 0.4) is 0 Å². The van der Waals surface area contributed by atoms with E-state index in [0.29, 0.717) is 9.87 Å². The van der Waals surface area contributed by atoms with Crippen molar-refractivity contribution in [3.8, 4) is 0 Å². The quantitative estimate of drug-likeness (QED) is 0.451. The molecule has 0 N–H and O–H groups in total. The third-order valence-corrected chi connectivity index (χ3v) is 5.40. The van der Waals surface area contributed by atoms with Gasteiger partial charge in [-0.1, -0.05) is 17.3 Å². The number of nitrogens with zero attached hydrogens (tertiary/aromatic N) is 3. The molecular weight excluding hydrogens is 350 g/mol. The Balaban J connectivity index is 2.26. The summed E-state index contributed by atoms with van der Waals surface area (Å²) in [4.78, 5) is 22.2. The smallest absolute Gasteiger partial charge is 0.271 e. The second-order valence-electron chi connectivity index (χ2n) is 5.15. The predicted octanol–water partition coefficient (Wildman–Crippen LogP) is 2.06. The molecule has 132 valence electrons. The van der Waals surface area contributed by atoms with Crippen molar-refractivity contribution in [3.05, 3.63) is 57.5 Å². The zero-order valence-electron chi connectivity index (χ0n) is 13.7. The van der Waals surface area contributed by atoms with Gasteiger partial charge in [0.1, 0.15) is 5.69 Å². The molecule has 2 aromatic rings. The number of nitro groups is 1. The topological polar surface area (TPSA) is 124 Å². The first kappa shape index (κ1) is 18.3. The van der Waals surface area contributed by atoms with Crippen LogP contribution in [0.2, 0.25) is 0 Å². The van der Waals surface area contributed by atoms with E-state index in [2.05, 4.69) is 5.16 Å². The third-order valence-electron chi connectivity index (χ3n) is 3.40. The lowest BCUT2D eigenvalue weighted by molar-refractivity contribution is -0.384. The molecule has 1 heterocycles. The van der Waals surface area contributed by atoms with E-state index in [1.165, 1.54) is 38.1 Å². The van der Waals surface area contributed by atoms with Crippen molar-refractivity contribution in [2.24, 2.45) is 0 Å². The number of likely N-dealkylation sites (N-methyl/N-ethyl adjacent to an activating group) is 1. The van der Waals surface area contributed by atoms with Gasteiger partial charge in [0.25, 0.3) is 21.6 Å². The van der Waals surface area contributed by atoms with E-state index >= 15 is 0 Å². The Morgan fingerprint density at radius 1 is 1.36 bits per heavy atom. The Labute approximate surface area is 143 Å². The van der Waals surface area contributed by atoms with Crippen molar-refractivity contribution in [1.29, 1.82) is 0 Å². The van der Waals surface area contributed by atoms with E-state index < -0.39 is 20.9 Å². The molecule has 10 heteroatoms. The fourth-order valence-electron chi connectivity index (χ4n) is 2.11. The lowest BCUT2D eigenvalue weighted by Crippen LogP contribution is -2.32. The van der Waals surface area contributed by atoms with Crippen LogP contribution in [-0.2, 0) is 14.8 Å². The first-order valence-electron chi connectivity index (χ1n) is 7.03. The maximum absolute atomic E-state index is 12.5. The summed E-state index contributed by atoms with van der Waals surface area (Å²) in [7, 11) is -3.00. The fourth-order valence-corrected chi connectivity index (χ4v) is 3.50. The van der Waals surface area contributed by atoms with Gasteiger partial charge in [-0.3, -0.25) is 14.9 Å². The fraction of sp³-hybridized carbons (Fsp3) is 0.200. The van der Waals surface area contributed by atoms with Gasteiger partial charge in [0, 0.05) is 25.3 Å². The summed E-state index contributed by atoms with van der Waals surface area (Å²) in [6.45, 7) is 2.89.